The van der Waals surface area contributed by atoms with Crippen LogP contribution in [0.3, 0.4) is 0 Å². The van der Waals surface area contributed by atoms with Crippen LogP contribution in [0.15, 0.2) is 18.2 Å². The number of carbonyl (C=O) groups excluding carboxylic acids is 1. The van der Waals surface area contributed by atoms with Gasteiger partial charge in [-0.25, -0.2) is 0 Å². The molecule has 0 aromatic heterocycles. The number of aryl methyl sites for hydroxylation is 1. The number of hydrogen-bond acceptors (Lipinski definition) is 3. The molecule has 1 aromatic carbocycles. The van der Waals surface area contributed by atoms with E-state index in [1.807, 2.05) is 32.9 Å². The zero-order valence-electron chi connectivity index (χ0n) is 13.9. The van der Waals surface area contributed by atoms with E-state index < -0.39 is 0 Å². The van der Waals surface area contributed by atoms with Gasteiger partial charge in [-0.2, -0.15) is 0 Å². The molecule has 0 bridgehead atoms. The van der Waals surface area contributed by atoms with Crippen LogP contribution in [-0.2, 0) is 11.3 Å². The summed E-state index contributed by atoms with van der Waals surface area (Å²) in [4.78, 5) is 11.8. The Morgan fingerprint density at radius 1 is 1.29 bits per heavy atom. The van der Waals surface area contributed by atoms with E-state index in [2.05, 4.69) is 30.5 Å². The van der Waals surface area contributed by atoms with Gasteiger partial charge in [0.05, 0.1) is 0 Å². The zero-order chi connectivity index (χ0) is 15.9. The summed E-state index contributed by atoms with van der Waals surface area (Å²) in [6.07, 6.45) is 1.09. The van der Waals surface area contributed by atoms with E-state index in [0.29, 0.717) is 0 Å². The molecule has 4 heteroatoms. The highest BCUT2D eigenvalue weighted by Gasteiger charge is 2.14. The van der Waals surface area contributed by atoms with E-state index in [4.69, 9.17) is 4.74 Å². The highest BCUT2D eigenvalue weighted by atomic mass is 16.5. The standard InChI is InChI=1S/C17H28N2O2/c1-6-9-18-11-14-10-13(2)7-8-15(14)21-12-16(20)19-17(3,4)5/h7-8,10,18H,6,9,11-12H2,1-5H3,(H,19,20). The van der Waals surface area contributed by atoms with Gasteiger partial charge in [-0.3, -0.25) is 4.79 Å². The maximum atomic E-state index is 11.8. The van der Waals surface area contributed by atoms with E-state index in [-0.39, 0.29) is 18.1 Å². The predicted molar refractivity (Wildman–Crippen MR) is 86.6 cm³/mol. The third-order valence-electron chi connectivity index (χ3n) is 2.83. The number of benzene rings is 1. The number of ether oxygens (including phenoxy) is 1. The Labute approximate surface area is 128 Å². The van der Waals surface area contributed by atoms with Crippen LogP contribution < -0.4 is 15.4 Å². The van der Waals surface area contributed by atoms with Crippen molar-refractivity contribution < 1.29 is 9.53 Å². The monoisotopic (exact) mass is 292 g/mol. The molecule has 0 aliphatic rings. The van der Waals surface area contributed by atoms with Gasteiger partial charge in [0.15, 0.2) is 6.61 Å². The van der Waals surface area contributed by atoms with Gasteiger partial charge in [0.2, 0.25) is 0 Å². The summed E-state index contributed by atoms with van der Waals surface area (Å²) in [6, 6.07) is 6.03. The molecule has 1 rings (SSSR count). The lowest BCUT2D eigenvalue weighted by Gasteiger charge is -2.21. The lowest BCUT2D eigenvalue weighted by Crippen LogP contribution is -2.43. The van der Waals surface area contributed by atoms with Crippen molar-refractivity contribution in [1.82, 2.24) is 10.6 Å². The molecule has 0 atom stereocenters. The summed E-state index contributed by atoms with van der Waals surface area (Å²) in [5, 5.41) is 6.26. The van der Waals surface area contributed by atoms with Crippen molar-refractivity contribution in [3.8, 4) is 5.75 Å². The highest BCUT2D eigenvalue weighted by molar-refractivity contribution is 5.78. The Morgan fingerprint density at radius 3 is 2.62 bits per heavy atom. The minimum absolute atomic E-state index is 0.0428. The Morgan fingerprint density at radius 2 is 2.00 bits per heavy atom. The van der Waals surface area contributed by atoms with Crippen LogP contribution in [0.25, 0.3) is 0 Å². The third-order valence-corrected chi connectivity index (χ3v) is 2.83. The van der Waals surface area contributed by atoms with Crippen molar-refractivity contribution in [3.63, 3.8) is 0 Å². The second-order valence-electron chi connectivity index (χ2n) is 6.37. The highest BCUT2D eigenvalue weighted by Crippen LogP contribution is 2.20. The van der Waals surface area contributed by atoms with Crippen LogP contribution in [0, 0.1) is 6.92 Å². The molecule has 0 aliphatic heterocycles. The average molecular weight is 292 g/mol. The summed E-state index contributed by atoms with van der Waals surface area (Å²) in [6.45, 7) is 11.8. The molecule has 2 N–H and O–H groups in total. The first-order valence-corrected chi connectivity index (χ1v) is 7.56. The minimum atomic E-state index is -0.237. The maximum absolute atomic E-state index is 11.8. The molecule has 0 fully saturated rings. The van der Waals surface area contributed by atoms with Crippen LogP contribution in [0.2, 0.25) is 0 Å². The van der Waals surface area contributed by atoms with E-state index in [1.165, 1.54) is 5.56 Å². The zero-order valence-corrected chi connectivity index (χ0v) is 13.9. The van der Waals surface area contributed by atoms with E-state index in [0.717, 1.165) is 30.8 Å². The second kappa shape index (κ2) is 8.03. The topological polar surface area (TPSA) is 50.4 Å². The van der Waals surface area contributed by atoms with Crippen LogP contribution in [-0.4, -0.2) is 24.6 Å². The van der Waals surface area contributed by atoms with Crippen molar-refractivity contribution in [2.45, 2.75) is 53.1 Å². The molecule has 0 spiro atoms. The predicted octanol–water partition coefficient (Wildman–Crippen LogP) is 2.79. The van der Waals surface area contributed by atoms with Gasteiger partial charge in [-0.15, -0.1) is 0 Å². The minimum Gasteiger partial charge on any atom is -0.483 e. The molecular formula is C17H28N2O2. The van der Waals surface area contributed by atoms with Crippen molar-refractivity contribution in [2.24, 2.45) is 0 Å². The molecular weight excluding hydrogens is 264 g/mol. The lowest BCUT2D eigenvalue weighted by atomic mass is 10.1. The molecule has 0 saturated carbocycles. The smallest absolute Gasteiger partial charge is 0.258 e. The largest absolute Gasteiger partial charge is 0.483 e. The Kier molecular flexibility index (Phi) is 6.69. The molecule has 0 aliphatic carbocycles. The number of hydrogen-bond donors (Lipinski definition) is 2. The van der Waals surface area contributed by atoms with E-state index in [9.17, 15) is 4.79 Å². The third kappa shape index (κ3) is 7.14. The summed E-state index contributed by atoms with van der Waals surface area (Å²) < 4.78 is 5.68. The summed E-state index contributed by atoms with van der Waals surface area (Å²) in [5.41, 5.74) is 2.04. The number of carbonyl (C=O) groups is 1. The van der Waals surface area contributed by atoms with Gasteiger partial charge in [0.25, 0.3) is 5.91 Å². The summed E-state index contributed by atoms with van der Waals surface area (Å²) >= 11 is 0. The van der Waals surface area contributed by atoms with Gasteiger partial charge in [-0.1, -0.05) is 24.6 Å². The fourth-order valence-electron chi connectivity index (χ4n) is 1.98. The van der Waals surface area contributed by atoms with Crippen LogP contribution in [0.5, 0.6) is 5.75 Å². The SMILES string of the molecule is CCCNCc1cc(C)ccc1OCC(=O)NC(C)(C)C. The van der Waals surface area contributed by atoms with E-state index >= 15 is 0 Å². The lowest BCUT2D eigenvalue weighted by molar-refractivity contribution is -0.124. The molecule has 4 nitrogen and oxygen atoms in total. The number of nitrogens with one attached hydrogen (secondary N) is 2. The Balaban J connectivity index is 2.63. The normalized spacial score (nSPS) is 11.3. The van der Waals surface area contributed by atoms with Gasteiger partial charge in [0, 0.05) is 17.6 Å². The van der Waals surface area contributed by atoms with Crippen LogP contribution >= 0.6 is 0 Å². The summed E-state index contributed by atoms with van der Waals surface area (Å²) in [7, 11) is 0. The van der Waals surface area contributed by atoms with Crippen molar-refractivity contribution in [3.05, 3.63) is 29.3 Å². The maximum Gasteiger partial charge on any atom is 0.258 e. The average Bonchev–Trinajstić information content (AvgIpc) is 2.36. The fraction of sp³-hybridized carbons (Fsp3) is 0.588. The first-order valence-electron chi connectivity index (χ1n) is 7.56. The number of rotatable bonds is 7. The summed E-state index contributed by atoms with van der Waals surface area (Å²) in [5.74, 6) is 0.670. The van der Waals surface area contributed by atoms with Crippen LogP contribution in [0.1, 0.15) is 45.2 Å². The van der Waals surface area contributed by atoms with Gasteiger partial charge < -0.3 is 15.4 Å². The van der Waals surface area contributed by atoms with Crippen LogP contribution in [0.4, 0.5) is 0 Å². The Bertz CT molecular complexity index is 464. The molecule has 0 heterocycles. The second-order valence-corrected chi connectivity index (χ2v) is 6.37. The fourth-order valence-corrected chi connectivity index (χ4v) is 1.98. The number of amides is 1. The molecule has 0 unspecified atom stereocenters. The first-order chi connectivity index (χ1) is 9.81. The van der Waals surface area contributed by atoms with E-state index in [1.54, 1.807) is 0 Å². The molecule has 0 saturated heterocycles. The van der Waals surface area contributed by atoms with Gasteiger partial charge in [0.1, 0.15) is 5.75 Å². The Hall–Kier alpha value is -1.55. The molecule has 118 valence electrons. The van der Waals surface area contributed by atoms with Crippen molar-refractivity contribution >= 4 is 5.91 Å². The van der Waals surface area contributed by atoms with Gasteiger partial charge in [-0.05, 0) is 46.7 Å². The molecule has 1 aromatic rings. The molecule has 21 heavy (non-hydrogen) atoms. The quantitative estimate of drug-likeness (QED) is 0.760. The first kappa shape index (κ1) is 17.5. The van der Waals surface area contributed by atoms with Crippen molar-refractivity contribution in [2.75, 3.05) is 13.2 Å². The van der Waals surface area contributed by atoms with Crippen molar-refractivity contribution in [1.29, 1.82) is 0 Å². The molecule has 1 amide bonds. The van der Waals surface area contributed by atoms with Gasteiger partial charge >= 0.3 is 0 Å². The molecule has 0 radical (unpaired) electrons.